The molecule has 2 aromatic rings. The first-order chi connectivity index (χ1) is 11.6. The van der Waals surface area contributed by atoms with E-state index in [1.54, 1.807) is 4.90 Å². The second-order valence-electron chi connectivity index (χ2n) is 6.50. The number of aliphatic carboxylic acids is 1. The molecule has 5 heteroatoms. The highest BCUT2D eigenvalue weighted by molar-refractivity contribution is 5.82. The average molecular weight is 328 g/mol. The van der Waals surface area contributed by atoms with Gasteiger partial charge in [-0.1, -0.05) is 36.4 Å². The van der Waals surface area contributed by atoms with Crippen molar-refractivity contribution in [3.05, 3.63) is 48.0 Å². The molecule has 1 N–H and O–H groups in total. The molecule has 1 heterocycles. The molecule has 0 bridgehead atoms. The summed E-state index contributed by atoms with van der Waals surface area (Å²) in [4.78, 5) is 15.0. The van der Waals surface area contributed by atoms with Crippen molar-refractivity contribution in [3.63, 3.8) is 0 Å². The van der Waals surface area contributed by atoms with E-state index in [0.29, 0.717) is 13.2 Å². The zero-order valence-corrected chi connectivity index (χ0v) is 14.0. The van der Waals surface area contributed by atoms with Crippen LogP contribution in [-0.4, -0.2) is 66.8 Å². The SMILES string of the molecule is CN(CC(=O)O)C[C@H]1CN(Cc2ccc3ccccc3c2)CCO1. The van der Waals surface area contributed by atoms with Crippen LogP contribution in [0.1, 0.15) is 5.56 Å². The maximum absolute atomic E-state index is 10.8. The quantitative estimate of drug-likeness (QED) is 0.880. The second-order valence-corrected chi connectivity index (χ2v) is 6.50. The lowest BCUT2D eigenvalue weighted by Gasteiger charge is -2.34. The fraction of sp³-hybridized carbons (Fsp3) is 0.421. The van der Waals surface area contributed by atoms with Crippen LogP contribution in [0, 0.1) is 0 Å². The van der Waals surface area contributed by atoms with Crippen molar-refractivity contribution in [1.29, 1.82) is 0 Å². The van der Waals surface area contributed by atoms with Gasteiger partial charge in [0.25, 0.3) is 0 Å². The molecule has 24 heavy (non-hydrogen) atoms. The summed E-state index contributed by atoms with van der Waals surface area (Å²) in [5.41, 5.74) is 1.30. The number of carboxylic acid groups (broad SMARTS) is 1. The molecule has 5 nitrogen and oxygen atoms in total. The zero-order valence-electron chi connectivity index (χ0n) is 14.0. The van der Waals surface area contributed by atoms with Crippen molar-refractivity contribution in [1.82, 2.24) is 9.80 Å². The molecule has 3 rings (SSSR count). The molecule has 0 unspecified atom stereocenters. The van der Waals surface area contributed by atoms with Gasteiger partial charge in [0.15, 0.2) is 0 Å². The van der Waals surface area contributed by atoms with Crippen LogP contribution in [0.5, 0.6) is 0 Å². The van der Waals surface area contributed by atoms with Crippen LogP contribution < -0.4 is 0 Å². The van der Waals surface area contributed by atoms with Gasteiger partial charge in [0.05, 0.1) is 19.3 Å². The largest absolute Gasteiger partial charge is 0.480 e. The van der Waals surface area contributed by atoms with Gasteiger partial charge in [0.1, 0.15) is 0 Å². The molecule has 0 saturated carbocycles. The monoisotopic (exact) mass is 328 g/mol. The van der Waals surface area contributed by atoms with E-state index < -0.39 is 5.97 Å². The standard InChI is InChI=1S/C19H24N2O3/c1-20(14-19(22)23)12-18-13-21(8-9-24-18)11-15-6-7-16-4-2-3-5-17(16)10-15/h2-7,10,18H,8-9,11-14H2,1H3,(H,22,23)/t18-/m0/s1. The first-order valence-corrected chi connectivity index (χ1v) is 8.32. The Bertz CT molecular complexity index is 704. The maximum Gasteiger partial charge on any atom is 0.317 e. The van der Waals surface area contributed by atoms with Crippen LogP contribution in [0.15, 0.2) is 42.5 Å². The Kier molecular flexibility index (Phi) is 5.45. The fourth-order valence-electron chi connectivity index (χ4n) is 3.27. The van der Waals surface area contributed by atoms with E-state index in [0.717, 1.165) is 19.6 Å². The number of carboxylic acids is 1. The highest BCUT2D eigenvalue weighted by Gasteiger charge is 2.22. The number of likely N-dealkylation sites (N-methyl/N-ethyl adjacent to an activating group) is 1. The third kappa shape index (κ3) is 4.54. The van der Waals surface area contributed by atoms with Gasteiger partial charge in [-0.05, 0) is 29.4 Å². The van der Waals surface area contributed by atoms with Crippen LogP contribution in [-0.2, 0) is 16.1 Å². The van der Waals surface area contributed by atoms with Crippen molar-refractivity contribution in [3.8, 4) is 0 Å². The Morgan fingerprint density at radius 1 is 1.29 bits per heavy atom. The number of morpholine rings is 1. The Hall–Kier alpha value is -1.95. The Morgan fingerprint density at radius 3 is 2.88 bits per heavy atom. The maximum atomic E-state index is 10.8. The topological polar surface area (TPSA) is 53.0 Å². The molecular formula is C19H24N2O3. The number of hydrogen-bond acceptors (Lipinski definition) is 4. The number of fused-ring (bicyclic) bond motifs is 1. The van der Waals surface area contributed by atoms with Gasteiger partial charge in [-0.3, -0.25) is 14.6 Å². The lowest BCUT2D eigenvalue weighted by atomic mass is 10.1. The third-order valence-corrected chi connectivity index (χ3v) is 4.36. The normalized spacial score (nSPS) is 19.0. The van der Waals surface area contributed by atoms with Gasteiger partial charge in [0.2, 0.25) is 0 Å². The molecule has 1 atom stereocenters. The smallest absolute Gasteiger partial charge is 0.317 e. The summed E-state index contributed by atoms with van der Waals surface area (Å²) in [5, 5.41) is 11.4. The lowest BCUT2D eigenvalue weighted by molar-refractivity contribution is -0.138. The summed E-state index contributed by atoms with van der Waals surface area (Å²) in [6.45, 7) is 4.01. The minimum Gasteiger partial charge on any atom is -0.480 e. The van der Waals surface area contributed by atoms with Gasteiger partial charge in [-0.15, -0.1) is 0 Å². The van der Waals surface area contributed by atoms with E-state index in [-0.39, 0.29) is 12.6 Å². The molecule has 0 amide bonds. The van der Waals surface area contributed by atoms with Crippen molar-refractivity contribution < 1.29 is 14.6 Å². The van der Waals surface area contributed by atoms with E-state index in [1.807, 2.05) is 7.05 Å². The summed E-state index contributed by atoms with van der Waals surface area (Å²) in [7, 11) is 1.82. The number of carbonyl (C=O) groups is 1. The fourth-order valence-corrected chi connectivity index (χ4v) is 3.27. The van der Waals surface area contributed by atoms with Crippen LogP contribution in [0.25, 0.3) is 10.8 Å². The van der Waals surface area contributed by atoms with E-state index in [9.17, 15) is 4.79 Å². The number of ether oxygens (including phenoxy) is 1. The molecule has 128 valence electrons. The van der Waals surface area contributed by atoms with E-state index >= 15 is 0 Å². The molecule has 0 aliphatic carbocycles. The molecule has 2 aromatic carbocycles. The summed E-state index contributed by atoms with van der Waals surface area (Å²) in [6, 6.07) is 15.0. The van der Waals surface area contributed by atoms with Gasteiger partial charge in [-0.2, -0.15) is 0 Å². The van der Waals surface area contributed by atoms with Crippen molar-refractivity contribution in [2.24, 2.45) is 0 Å². The molecular weight excluding hydrogens is 304 g/mol. The Morgan fingerprint density at radius 2 is 2.08 bits per heavy atom. The number of nitrogens with zero attached hydrogens (tertiary/aromatic N) is 2. The van der Waals surface area contributed by atoms with Gasteiger partial charge in [-0.25, -0.2) is 0 Å². The van der Waals surface area contributed by atoms with E-state index in [2.05, 4.69) is 47.4 Å². The summed E-state index contributed by atoms with van der Waals surface area (Å²) in [5.74, 6) is -0.804. The number of hydrogen-bond donors (Lipinski definition) is 1. The van der Waals surface area contributed by atoms with Crippen molar-refractivity contribution in [2.45, 2.75) is 12.6 Å². The number of rotatable bonds is 6. The molecule has 0 aromatic heterocycles. The third-order valence-electron chi connectivity index (χ3n) is 4.36. The van der Waals surface area contributed by atoms with Gasteiger partial charge >= 0.3 is 5.97 Å². The van der Waals surface area contributed by atoms with Crippen LogP contribution in [0.4, 0.5) is 0 Å². The van der Waals surface area contributed by atoms with Crippen LogP contribution in [0.2, 0.25) is 0 Å². The van der Waals surface area contributed by atoms with Gasteiger partial charge < -0.3 is 9.84 Å². The lowest BCUT2D eigenvalue weighted by Crippen LogP contribution is -2.47. The number of benzene rings is 2. The van der Waals surface area contributed by atoms with E-state index in [4.69, 9.17) is 9.84 Å². The zero-order chi connectivity index (χ0) is 16.9. The van der Waals surface area contributed by atoms with Crippen molar-refractivity contribution in [2.75, 3.05) is 39.8 Å². The molecule has 0 spiro atoms. The summed E-state index contributed by atoms with van der Waals surface area (Å²) in [6.07, 6.45) is 0.0588. The predicted molar refractivity (Wildman–Crippen MR) is 94.1 cm³/mol. The summed E-state index contributed by atoms with van der Waals surface area (Å²) >= 11 is 0. The Labute approximate surface area is 142 Å². The highest BCUT2D eigenvalue weighted by Crippen LogP contribution is 2.18. The van der Waals surface area contributed by atoms with Crippen LogP contribution >= 0.6 is 0 Å². The van der Waals surface area contributed by atoms with E-state index in [1.165, 1.54) is 16.3 Å². The minimum atomic E-state index is -0.804. The molecule has 0 radical (unpaired) electrons. The molecule has 1 aliphatic heterocycles. The summed E-state index contributed by atoms with van der Waals surface area (Å²) < 4.78 is 5.79. The minimum absolute atomic E-state index is 0.0462. The average Bonchev–Trinajstić information content (AvgIpc) is 2.54. The highest BCUT2D eigenvalue weighted by atomic mass is 16.5. The second kappa shape index (κ2) is 7.75. The molecule has 1 aliphatic rings. The Balaban J connectivity index is 1.59. The van der Waals surface area contributed by atoms with Gasteiger partial charge in [0, 0.05) is 26.2 Å². The predicted octanol–water partition coefficient (Wildman–Crippen LogP) is 2.06. The first kappa shape index (κ1) is 16.9. The van der Waals surface area contributed by atoms with Crippen molar-refractivity contribution >= 4 is 16.7 Å². The first-order valence-electron chi connectivity index (χ1n) is 8.32. The molecule has 1 saturated heterocycles. The van der Waals surface area contributed by atoms with Crippen LogP contribution in [0.3, 0.4) is 0 Å². The molecule has 1 fully saturated rings.